The minimum absolute atomic E-state index is 0.161. The maximum atomic E-state index is 12.3. The fourth-order valence-electron chi connectivity index (χ4n) is 3.12. The van der Waals surface area contributed by atoms with Crippen molar-refractivity contribution < 1.29 is 24.2 Å². The van der Waals surface area contributed by atoms with Gasteiger partial charge in [-0.2, -0.15) is 0 Å². The molecule has 0 spiro atoms. The number of carbonyl (C=O) groups is 2. The Hall–Kier alpha value is -2.35. The van der Waals surface area contributed by atoms with Crippen LogP contribution in [0.1, 0.15) is 52.8 Å². The van der Waals surface area contributed by atoms with E-state index in [4.69, 9.17) is 9.47 Å². The van der Waals surface area contributed by atoms with Gasteiger partial charge in [0.1, 0.15) is 17.0 Å². The number of aromatic nitrogens is 1. The number of aryl methyl sites for hydroxylation is 1. The maximum Gasteiger partial charge on any atom is 0.413 e. The Bertz CT molecular complexity index is 752. The summed E-state index contributed by atoms with van der Waals surface area (Å²) in [6.07, 6.45) is -1.18. The number of aliphatic hydroxyl groups excluding tert-OH is 1. The Balaban J connectivity index is 2.03. The van der Waals surface area contributed by atoms with Crippen LogP contribution in [0, 0.1) is 12.8 Å². The van der Waals surface area contributed by atoms with Crippen molar-refractivity contribution in [3.63, 3.8) is 0 Å². The summed E-state index contributed by atoms with van der Waals surface area (Å²) in [5.41, 5.74) is 0.472. The second-order valence-electron chi connectivity index (χ2n) is 9.56. The monoisotopic (exact) mass is 407 g/mol. The number of hydrogen-bond donors (Lipinski definition) is 2. The zero-order chi connectivity index (χ0) is 22.0. The number of likely N-dealkylation sites (tertiary alicyclic amines) is 1. The SMILES string of the molecule is Cc1cc(C[C@@H]2CN(C(=O)OC(C)(C)C)C[C@@H]2O)nc(NC(=O)OC(C)(C)C)c1. The number of hydrogen-bond acceptors (Lipinski definition) is 6. The number of rotatable bonds is 3. The van der Waals surface area contributed by atoms with Crippen LogP contribution in [0.5, 0.6) is 0 Å². The van der Waals surface area contributed by atoms with Crippen LogP contribution in [-0.4, -0.2) is 57.6 Å². The van der Waals surface area contributed by atoms with Gasteiger partial charge in [-0.05, 0) is 72.6 Å². The summed E-state index contributed by atoms with van der Waals surface area (Å²) >= 11 is 0. The molecule has 1 aromatic heterocycles. The van der Waals surface area contributed by atoms with Crippen molar-refractivity contribution in [1.82, 2.24) is 9.88 Å². The normalized spacial score (nSPS) is 19.8. The number of nitrogens with zero attached hydrogens (tertiary/aromatic N) is 2. The molecule has 1 fully saturated rings. The van der Waals surface area contributed by atoms with Gasteiger partial charge in [0.25, 0.3) is 0 Å². The number of ether oxygens (including phenoxy) is 2. The first-order valence-electron chi connectivity index (χ1n) is 9.85. The lowest BCUT2D eigenvalue weighted by atomic mass is 9.99. The lowest BCUT2D eigenvalue weighted by molar-refractivity contribution is 0.0269. The largest absolute Gasteiger partial charge is 0.444 e. The Morgan fingerprint density at radius 1 is 1.14 bits per heavy atom. The summed E-state index contributed by atoms with van der Waals surface area (Å²) in [5, 5.41) is 13.1. The molecule has 29 heavy (non-hydrogen) atoms. The fourth-order valence-corrected chi connectivity index (χ4v) is 3.12. The van der Waals surface area contributed by atoms with Crippen LogP contribution in [0.25, 0.3) is 0 Å². The van der Waals surface area contributed by atoms with Gasteiger partial charge in [-0.15, -0.1) is 0 Å². The van der Waals surface area contributed by atoms with E-state index in [0.29, 0.717) is 18.8 Å². The maximum absolute atomic E-state index is 12.3. The molecule has 8 nitrogen and oxygen atoms in total. The topological polar surface area (TPSA) is 101 Å². The molecule has 2 amide bonds. The minimum atomic E-state index is -0.660. The molecule has 2 atom stereocenters. The Morgan fingerprint density at radius 3 is 2.34 bits per heavy atom. The van der Waals surface area contributed by atoms with E-state index in [9.17, 15) is 14.7 Å². The molecule has 0 radical (unpaired) electrons. The van der Waals surface area contributed by atoms with Gasteiger partial charge in [-0.3, -0.25) is 5.32 Å². The molecule has 0 bridgehead atoms. The highest BCUT2D eigenvalue weighted by Gasteiger charge is 2.36. The summed E-state index contributed by atoms with van der Waals surface area (Å²) in [6, 6.07) is 3.66. The molecule has 0 saturated carbocycles. The Morgan fingerprint density at radius 2 is 1.76 bits per heavy atom. The van der Waals surface area contributed by atoms with Gasteiger partial charge in [0.2, 0.25) is 0 Å². The van der Waals surface area contributed by atoms with E-state index in [-0.39, 0.29) is 12.5 Å². The summed E-state index contributed by atoms with van der Waals surface area (Å²) < 4.78 is 10.7. The zero-order valence-electron chi connectivity index (χ0n) is 18.4. The molecule has 1 aliphatic rings. The van der Waals surface area contributed by atoms with E-state index in [1.54, 1.807) is 26.8 Å². The third-order valence-electron chi connectivity index (χ3n) is 4.18. The van der Waals surface area contributed by atoms with Gasteiger partial charge in [0.05, 0.1) is 12.6 Å². The molecule has 8 heteroatoms. The first-order chi connectivity index (χ1) is 13.2. The molecule has 1 aromatic rings. The van der Waals surface area contributed by atoms with Crippen molar-refractivity contribution in [2.45, 2.75) is 72.2 Å². The van der Waals surface area contributed by atoms with Gasteiger partial charge in [0.15, 0.2) is 0 Å². The van der Waals surface area contributed by atoms with E-state index in [1.165, 1.54) is 4.90 Å². The molecule has 1 saturated heterocycles. The van der Waals surface area contributed by atoms with Gasteiger partial charge >= 0.3 is 12.2 Å². The Kier molecular flexibility index (Phi) is 6.78. The number of nitrogens with one attached hydrogen (secondary N) is 1. The molecule has 162 valence electrons. The lowest BCUT2D eigenvalue weighted by Gasteiger charge is -2.24. The Labute approximate surface area is 172 Å². The number of pyridine rings is 1. The fraction of sp³-hybridized carbons (Fsp3) is 0.667. The summed E-state index contributed by atoms with van der Waals surface area (Å²) in [7, 11) is 0. The van der Waals surface area contributed by atoms with E-state index in [1.807, 2.05) is 33.8 Å². The first-order valence-corrected chi connectivity index (χ1v) is 9.85. The van der Waals surface area contributed by atoms with Crippen LogP contribution in [0.15, 0.2) is 12.1 Å². The van der Waals surface area contributed by atoms with Crippen LogP contribution >= 0.6 is 0 Å². The third kappa shape index (κ3) is 7.53. The second-order valence-corrected chi connectivity index (χ2v) is 9.56. The lowest BCUT2D eigenvalue weighted by Crippen LogP contribution is -2.35. The standard InChI is InChI=1S/C21H33N3O5/c1-13-8-15(22-17(9-13)23-18(26)28-20(2,3)4)10-14-11-24(12-16(14)25)19(27)29-21(5,6)7/h8-9,14,16,25H,10-12H2,1-7H3,(H,22,23,26)/t14-,16+/m1/s1. The smallest absolute Gasteiger partial charge is 0.413 e. The minimum Gasteiger partial charge on any atom is -0.444 e. The van der Waals surface area contributed by atoms with Crippen LogP contribution < -0.4 is 5.32 Å². The molecular weight excluding hydrogens is 374 g/mol. The highest BCUT2D eigenvalue weighted by molar-refractivity contribution is 5.83. The molecule has 2 heterocycles. The first kappa shape index (κ1) is 22.9. The predicted molar refractivity (Wildman–Crippen MR) is 110 cm³/mol. The summed E-state index contributed by atoms with van der Waals surface area (Å²) in [5.74, 6) is 0.233. The number of aliphatic hydroxyl groups is 1. The molecule has 2 rings (SSSR count). The van der Waals surface area contributed by atoms with Crippen molar-refractivity contribution in [2.75, 3.05) is 18.4 Å². The number of β-amino-alcohol motifs (C(OH)–C–C–N with tert-alkyl or cyclic N) is 1. The van der Waals surface area contributed by atoms with E-state index < -0.39 is 29.5 Å². The highest BCUT2D eigenvalue weighted by Crippen LogP contribution is 2.24. The number of anilines is 1. The van der Waals surface area contributed by atoms with E-state index >= 15 is 0 Å². The van der Waals surface area contributed by atoms with E-state index in [2.05, 4.69) is 10.3 Å². The quantitative estimate of drug-likeness (QED) is 0.795. The van der Waals surface area contributed by atoms with Crippen LogP contribution in [-0.2, 0) is 15.9 Å². The number of amides is 2. The third-order valence-corrected chi connectivity index (χ3v) is 4.18. The predicted octanol–water partition coefficient (Wildman–Crippen LogP) is 3.51. The highest BCUT2D eigenvalue weighted by atomic mass is 16.6. The number of carbonyl (C=O) groups excluding carboxylic acids is 2. The average Bonchev–Trinajstić information content (AvgIpc) is 2.84. The second kappa shape index (κ2) is 8.57. The van der Waals surface area contributed by atoms with Gasteiger partial charge < -0.3 is 19.5 Å². The van der Waals surface area contributed by atoms with Gasteiger partial charge in [-0.1, -0.05) is 0 Å². The van der Waals surface area contributed by atoms with Gasteiger partial charge in [0, 0.05) is 18.2 Å². The molecule has 0 aliphatic carbocycles. The molecule has 2 N–H and O–H groups in total. The average molecular weight is 408 g/mol. The molecular formula is C21H33N3O5. The molecule has 0 aromatic carbocycles. The van der Waals surface area contributed by atoms with Crippen LogP contribution in [0.3, 0.4) is 0 Å². The van der Waals surface area contributed by atoms with Crippen molar-refractivity contribution in [2.24, 2.45) is 5.92 Å². The molecule has 0 unspecified atom stereocenters. The van der Waals surface area contributed by atoms with Crippen molar-refractivity contribution in [1.29, 1.82) is 0 Å². The summed E-state index contributed by atoms with van der Waals surface area (Å²) in [6.45, 7) is 13.3. The van der Waals surface area contributed by atoms with Crippen LogP contribution in [0.4, 0.5) is 15.4 Å². The summed E-state index contributed by atoms with van der Waals surface area (Å²) in [4.78, 5) is 30.3. The zero-order valence-corrected chi connectivity index (χ0v) is 18.4. The van der Waals surface area contributed by atoms with E-state index in [0.717, 1.165) is 11.3 Å². The molecule has 1 aliphatic heterocycles. The van der Waals surface area contributed by atoms with Crippen molar-refractivity contribution in [3.8, 4) is 0 Å². The van der Waals surface area contributed by atoms with Crippen molar-refractivity contribution in [3.05, 3.63) is 23.4 Å². The van der Waals surface area contributed by atoms with Crippen molar-refractivity contribution >= 4 is 18.0 Å². The van der Waals surface area contributed by atoms with Gasteiger partial charge in [-0.25, -0.2) is 14.6 Å². The van der Waals surface area contributed by atoms with Crippen LogP contribution in [0.2, 0.25) is 0 Å².